The predicted molar refractivity (Wildman–Crippen MR) is 80.7 cm³/mol. The largest absolute Gasteiger partial charge is 0.441 e. The van der Waals surface area contributed by atoms with E-state index in [4.69, 9.17) is 11.6 Å². The fraction of sp³-hybridized carbons (Fsp3) is 0.308. The van der Waals surface area contributed by atoms with Crippen LogP contribution in [-0.4, -0.2) is 16.9 Å². The second-order valence-corrected chi connectivity index (χ2v) is 5.97. The van der Waals surface area contributed by atoms with Crippen LogP contribution in [0.3, 0.4) is 0 Å². The van der Waals surface area contributed by atoms with Gasteiger partial charge in [-0.15, -0.1) is 0 Å². The molecule has 112 valence electrons. The van der Waals surface area contributed by atoms with E-state index in [2.05, 4.69) is 15.1 Å². The molecule has 0 unspecified atom stereocenters. The van der Waals surface area contributed by atoms with E-state index in [1.807, 2.05) is 13.0 Å². The van der Waals surface area contributed by atoms with Gasteiger partial charge in [0.25, 0.3) is 0 Å². The van der Waals surface area contributed by atoms with Gasteiger partial charge in [-0.25, -0.2) is 4.79 Å². The fourth-order valence-corrected chi connectivity index (χ4v) is 2.71. The number of nitrogens with one attached hydrogen (secondary N) is 2. The van der Waals surface area contributed by atoms with E-state index in [1.165, 1.54) is 16.4 Å². The van der Waals surface area contributed by atoms with Gasteiger partial charge in [0.05, 0.1) is 0 Å². The number of aromatic amines is 1. The number of rotatable bonds is 5. The first-order chi connectivity index (χ1) is 9.97. The highest BCUT2D eigenvalue weighted by molar-refractivity contribution is 7.99. The minimum Gasteiger partial charge on any atom is -0.326 e. The molecule has 1 heterocycles. The van der Waals surface area contributed by atoms with Crippen LogP contribution < -0.4 is 15.6 Å². The number of carbonyl (C=O) groups is 1. The Hall–Kier alpha value is -1.73. The quantitative estimate of drug-likeness (QED) is 0.649. The standard InChI is InChI=1S/C13H14ClN3O3S/c1-8-3-4-9(14)7-10(8)15-11(18)5-6-21-12-13(19)20-16-17(12)2/h3-4,7H,5-6H2,1-2H3,(H-,15,16,18,19)/p+1. The minimum atomic E-state index is -0.436. The zero-order chi connectivity index (χ0) is 15.4. The molecule has 0 spiro atoms. The maximum absolute atomic E-state index is 11.9. The summed E-state index contributed by atoms with van der Waals surface area (Å²) in [6, 6.07) is 5.33. The summed E-state index contributed by atoms with van der Waals surface area (Å²) in [7, 11) is 1.67. The van der Waals surface area contributed by atoms with Gasteiger partial charge in [-0.1, -0.05) is 22.3 Å². The topological polar surface area (TPSA) is 79.0 Å². The lowest BCUT2D eigenvalue weighted by atomic mass is 10.2. The van der Waals surface area contributed by atoms with Crippen molar-refractivity contribution in [3.8, 4) is 0 Å². The van der Waals surface area contributed by atoms with Gasteiger partial charge in [0.2, 0.25) is 5.91 Å². The van der Waals surface area contributed by atoms with E-state index in [-0.39, 0.29) is 12.3 Å². The summed E-state index contributed by atoms with van der Waals surface area (Å²) in [4.78, 5) is 23.2. The monoisotopic (exact) mass is 328 g/mol. The van der Waals surface area contributed by atoms with Gasteiger partial charge in [-0.2, -0.15) is 0 Å². The van der Waals surface area contributed by atoms with Crippen LogP contribution in [0.4, 0.5) is 5.69 Å². The molecule has 2 N–H and O–H groups in total. The van der Waals surface area contributed by atoms with E-state index < -0.39 is 5.63 Å². The molecule has 8 heteroatoms. The number of hydrogen-bond acceptors (Lipinski definition) is 4. The molecule has 0 fully saturated rings. The van der Waals surface area contributed by atoms with Crippen LogP contribution >= 0.6 is 23.4 Å². The van der Waals surface area contributed by atoms with Crippen LogP contribution in [-0.2, 0) is 11.8 Å². The van der Waals surface area contributed by atoms with Crippen molar-refractivity contribution in [2.45, 2.75) is 18.4 Å². The number of nitrogens with zero attached hydrogens (tertiary/aromatic N) is 1. The Labute approximate surface area is 130 Å². The summed E-state index contributed by atoms with van der Waals surface area (Å²) in [5, 5.41) is 6.23. The Balaban J connectivity index is 1.88. The molecule has 1 amide bonds. The van der Waals surface area contributed by atoms with Gasteiger partial charge >= 0.3 is 10.7 Å². The third kappa shape index (κ3) is 4.12. The second kappa shape index (κ2) is 6.82. The van der Waals surface area contributed by atoms with Crippen molar-refractivity contribution in [1.29, 1.82) is 0 Å². The molecule has 0 aliphatic rings. The Morgan fingerprint density at radius 3 is 2.95 bits per heavy atom. The van der Waals surface area contributed by atoms with Crippen LogP contribution in [0, 0.1) is 6.92 Å². The molecule has 0 saturated carbocycles. The molecule has 6 nitrogen and oxygen atoms in total. The zero-order valence-corrected chi connectivity index (χ0v) is 13.2. The molecule has 0 radical (unpaired) electrons. The first kappa shape index (κ1) is 15.7. The third-order valence-corrected chi connectivity index (χ3v) is 4.15. The summed E-state index contributed by atoms with van der Waals surface area (Å²) in [6.45, 7) is 1.89. The molecule has 0 aliphatic heterocycles. The summed E-state index contributed by atoms with van der Waals surface area (Å²) in [5.74, 6) is 0.345. The van der Waals surface area contributed by atoms with Crippen LogP contribution in [0.2, 0.25) is 5.02 Å². The predicted octanol–water partition coefficient (Wildman–Crippen LogP) is 1.88. The van der Waals surface area contributed by atoms with E-state index in [9.17, 15) is 9.59 Å². The molecule has 0 bridgehead atoms. The van der Waals surface area contributed by atoms with Crippen molar-refractivity contribution in [3.63, 3.8) is 0 Å². The average molecular weight is 329 g/mol. The highest BCUT2D eigenvalue weighted by Crippen LogP contribution is 2.20. The SMILES string of the molecule is Cc1ccc(Cl)cc1NC(=O)CCSc1c(=O)o[nH][n+]1C. The molecule has 1 aromatic heterocycles. The van der Waals surface area contributed by atoms with Crippen molar-refractivity contribution in [3.05, 3.63) is 39.2 Å². The van der Waals surface area contributed by atoms with Gasteiger partial charge in [0, 0.05) is 22.9 Å². The van der Waals surface area contributed by atoms with Crippen molar-refractivity contribution in [2.24, 2.45) is 7.05 Å². The number of aromatic nitrogens is 2. The molecule has 1 aromatic carbocycles. The first-order valence-corrected chi connectivity index (χ1v) is 7.60. The number of halogens is 1. The van der Waals surface area contributed by atoms with E-state index in [0.717, 1.165) is 5.56 Å². The van der Waals surface area contributed by atoms with Gasteiger partial charge in [0.1, 0.15) is 0 Å². The first-order valence-electron chi connectivity index (χ1n) is 6.23. The second-order valence-electron chi connectivity index (χ2n) is 4.45. The number of benzene rings is 1. The molecule has 0 aliphatic carbocycles. The number of anilines is 1. The molecule has 21 heavy (non-hydrogen) atoms. The summed E-state index contributed by atoms with van der Waals surface area (Å²) in [5.41, 5.74) is 1.20. The molecule has 2 rings (SSSR count). The molecular weight excluding hydrogens is 314 g/mol. The van der Waals surface area contributed by atoms with Crippen LogP contribution in [0.5, 0.6) is 0 Å². The Bertz CT molecular complexity index is 711. The highest BCUT2D eigenvalue weighted by atomic mass is 35.5. The number of carbonyl (C=O) groups excluding carboxylic acids is 1. The average Bonchev–Trinajstić information content (AvgIpc) is 2.74. The number of H-pyrrole nitrogens is 1. The Kier molecular flexibility index (Phi) is 5.08. The lowest BCUT2D eigenvalue weighted by molar-refractivity contribution is -0.772. The van der Waals surface area contributed by atoms with E-state index in [0.29, 0.717) is 21.5 Å². The van der Waals surface area contributed by atoms with Crippen LogP contribution in [0.25, 0.3) is 0 Å². The summed E-state index contributed by atoms with van der Waals surface area (Å²) >= 11 is 7.17. The zero-order valence-electron chi connectivity index (χ0n) is 11.6. The Morgan fingerprint density at radius 2 is 2.29 bits per heavy atom. The number of hydrogen-bond donors (Lipinski definition) is 2. The van der Waals surface area contributed by atoms with Crippen LogP contribution in [0.15, 0.2) is 32.5 Å². The molecule has 0 atom stereocenters. The number of thioether (sulfide) groups is 1. The molecule has 2 aromatic rings. The number of aryl methyl sites for hydroxylation is 2. The summed E-state index contributed by atoms with van der Waals surface area (Å²) < 4.78 is 6.10. The van der Waals surface area contributed by atoms with E-state index >= 15 is 0 Å². The van der Waals surface area contributed by atoms with Crippen LogP contribution in [0.1, 0.15) is 12.0 Å². The van der Waals surface area contributed by atoms with Gasteiger partial charge in [-0.05, 0) is 41.7 Å². The van der Waals surface area contributed by atoms with Crippen molar-refractivity contribution in [2.75, 3.05) is 11.1 Å². The minimum absolute atomic E-state index is 0.129. The third-order valence-electron chi connectivity index (χ3n) is 2.80. The fourth-order valence-electron chi connectivity index (χ4n) is 1.67. The molecular formula is C13H15ClN3O3S+. The normalized spacial score (nSPS) is 10.6. The van der Waals surface area contributed by atoms with Gasteiger partial charge < -0.3 is 5.32 Å². The maximum atomic E-state index is 11.9. The number of amides is 1. The Morgan fingerprint density at radius 1 is 1.52 bits per heavy atom. The van der Waals surface area contributed by atoms with Gasteiger partial charge in [0.15, 0.2) is 7.05 Å². The van der Waals surface area contributed by atoms with Crippen molar-refractivity contribution in [1.82, 2.24) is 5.27 Å². The molecule has 0 saturated heterocycles. The van der Waals surface area contributed by atoms with E-state index in [1.54, 1.807) is 19.2 Å². The maximum Gasteiger partial charge on any atom is 0.441 e. The van der Waals surface area contributed by atoms with Crippen molar-refractivity contribution >= 4 is 35.0 Å². The van der Waals surface area contributed by atoms with Gasteiger partial charge in [-0.3, -0.25) is 9.32 Å². The highest BCUT2D eigenvalue weighted by Gasteiger charge is 2.18. The van der Waals surface area contributed by atoms with Crippen molar-refractivity contribution < 1.29 is 14.0 Å². The lowest BCUT2D eigenvalue weighted by Gasteiger charge is -2.08. The lowest BCUT2D eigenvalue weighted by Crippen LogP contribution is -2.33. The summed E-state index contributed by atoms with van der Waals surface area (Å²) in [6.07, 6.45) is 0.279. The smallest absolute Gasteiger partial charge is 0.326 e.